The van der Waals surface area contributed by atoms with E-state index in [4.69, 9.17) is 9.15 Å². The highest BCUT2D eigenvalue weighted by Crippen LogP contribution is 2.33. The summed E-state index contributed by atoms with van der Waals surface area (Å²) in [5.41, 5.74) is 3.72. The lowest BCUT2D eigenvalue weighted by molar-refractivity contribution is 0.102. The molecule has 0 radical (unpaired) electrons. The number of hydrogen-bond acceptors (Lipinski definition) is 8. The van der Waals surface area contributed by atoms with Crippen LogP contribution < -0.4 is 10.1 Å². The number of nitrogens with zero attached hydrogens (tertiary/aromatic N) is 3. The summed E-state index contributed by atoms with van der Waals surface area (Å²) in [6.45, 7) is 3.80. The number of thiazole rings is 1. The van der Waals surface area contributed by atoms with Crippen LogP contribution in [0, 0.1) is 13.8 Å². The van der Waals surface area contributed by atoms with Crippen molar-refractivity contribution in [3.63, 3.8) is 0 Å². The van der Waals surface area contributed by atoms with Crippen molar-refractivity contribution in [3.8, 4) is 28.6 Å². The van der Waals surface area contributed by atoms with Crippen molar-refractivity contribution in [3.05, 3.63) is 58.8 Å². The third-order valence-electron chi connectivity index (χ3n) is 4.57. The molecular weight excluding hydrogens is 432 g/mol. The molecule has 1 aromatic carbocycles. The SMILES string of the molecule is COc1ccc(C)cc1-c1csc(NC(=O)c2c(C)nc(-c3ccco3)nc2SC)n1. The molecule has 0 aliphatic carbocycles. The summed E-state index contributed by atoms with van der Waals surface area (Å²) in [6.07, 6.45) is 3.44. The van der Waals surface area contributed by atoms with Gasteiger partial charge in [-0.25, -0.2) is 15.0 Å². The van der Waals surface area contributed by atoms with E-state index in [-0.39, 0.29) is 5.91 Å². The van der Waals surface area contributed by atoms with Crippen LogP contribution in [0.3, 0.4) is 0 Å². The molecule has 3 aromatic heterocycles. The summed E-state index contributed by atoms with van der Waals surface area (Å²) in [6, 6.07) is 9.47. The first kappa shape index (κ1) is 21.1. The number of carbonyl (C=O) groups excluding carboxylic acids is 1. The van der Waals surface area contributed by atoms with Crippen molar-refractivity contribution in [2.45, 2.75) is 18.9 Å². The molecule has 0 aliphatic heterocycles. The Morgan fingerprint density at radius 1 is 1.19 bits per heavy atom. The second kappa shape index (κ2) is 8.91. The van der Waals surface area contributed by atoms with Gasteiger partial charge >= 0.3 is 0 Å². The van der Waals surface area contributed by atoms with Gasteiger partial charge in [-0.15, -0.1) is 23.1 Å². The molecule has 1 N–H and O–H groups in total. The highest BCUT2D eigenvalue weighted by Gasteiger charge is 2.21. The van der Waals surface area contributed by atoms with Crippen LogP contribution in [0.4, 0.5) is 5.13 Å². The molecule has 9 heteroatoms. The van der Waals surface area contributed by atoms with E-state index in [9.17, 15) is 4.79 Å². The van der Waals surface area contributed by atoms with Crippen LogP contribution in [0.25, 0.3) is 22.8 Å². The van der Waals surface area contributed by atoms with E-state index in [0.29, 0.717) is 33.0 Å². The van der Waals surface area contributed by atoms with Crippen LogP contribution in [-0.4, -0.2) is 34.2 Å². The predicted molar refractivity (Wildman–Crippen MR) is 123 cm³/mol. The topological polar surface area (TPSA) is 90.1 Å². The first-order valence-electron chi connectivity index (χ1n) is 9.38. The molecule has 0 fully saturated rings. The molecule has 1 amide bonds. The summed E-state index contributed by atoms with van der Waals surface area (Å²) < 4.78 is 10.8. The third kappa shape index (κ3) is 4.33. The lowest BCUT2D eigenvalue weighted by Crippen LogP contribution is -2.16. The molecule has 4 rings (SSSR count). The highest BCUT2D eigenvalue weighted by molar-refractivity contribution is 7.98. The van der Waals surface area contributed by atoms with E-state index in [1.54, 1.807) is 32.4 Å². The van der Waals surface area contributed by atoms with Crippen LogP contribution in [0.15, 0.2) is 51.4 Å². The second-order valence-electron chi connectivity index (χ2n) is 6.69. The van der Waals surface area contributed by atoms with Crippen LogP contribution in [0.5, 0.6) is 5.75 Å². The first-order chi connectivity index (χ1) is 15.0. The van der Waals surface area contributed by atoms with Gasteiger partial charge in [0, 0.05) is 10.9 Å². The molecule has 0 spiro atoms. The second-order valence-corrected chi connectivity index (χ2v) is 8.34. The Balaban J connectivity index is 1.62. The predicted octanol–water partition coefficient (Wildman–Crippen LogP) is 5.46. The molecule has 4 aromatic rings. The zero-order valence-electron chi connectivity index (χ0n) is 17.4. The number of carbonyl (C=O) groups is 1. The van der Waals surface area contributed by atoms with Crippen molar-refractivity contribution in [2.24, 2.45) is 0 Å². The van der Waals surface area contributed by atoms with Crippen molar-refractivity contribution >= 4 is 34.1 Å². The van der Waals surface area contributed by atoms with Gasteiger partial charge in [-0.05, 0) is 44.4 Å². The maximum atomic E-state index is 13.0. The smallest absolute Gasteiger partial charge is 0.262 e. The molecule has 158 valence electrons. The van der Waals surface area contributed by atoms with E-state index in [1.807, 2.05) is 36.8 Å². The Morgan fingerprint density at radius 3 is 2.74 bits per heavy atom. The van der Waals surface area contributed by atoms with E-state index in [2.05, 4.69) is 20.3 Å². The van der Waals surface area contributed by atoms with Crippen molar-refractivity contribution in [2.75, 3.05) is 18.7 Å². The number of hydrogen-bond donors (Lipinski definition) is 1. The first-order valence-corrected chi connectivity index (χ1v) is 11.5. The van der Waals surface area contributed by atoms with Crippen LogP contribution in [0.1, 0.15) is 21.6 Å². The van der Waals surface area contributed by atoms with Gasteiger partial charge in [-0.3, -0.25) is 10.1 Å². The van der Waals surface area contributed by atoms with Gasteiger partial charge in [0.15, 0.2) is 16.7 Å². The monoisotopic (exact) mass is 452 g/mol. The van der Waals surface area contributed by atoms with E-state index >= 15 is 0 Å². The molecule has 7 nitrogen and oxygen atoms in total. The molecule has 31 heavy (non-hydrogen) atoms. The molecule has 0 unspecified atom stereocenters. The molecule has 0 saturated heterocycles. The number of anilines is 1. The molecule has 0 saturated carbocycles. The standard InChI is InChI=1S/C22H20N4O3S2/c1-12-7-8-16(28-3)14(10-12)15-11-31-22(24-15)26-20(27)18-13(2)23-19(25-21(18)30-4)17-6-5-9-29-17/h5-11H,1-4H3,(H,24,26,27). The molecular formula is C22H20N4O3S2. The maximum Gasteiger partial charge on any atom is 0.262 e. The summed E-state index contributed by atoms with van der Waals surface area (Å²) in [5.74, 6) is 1.44. The van der Waals surface area contributed by atoms with E-state index in [1.165, 1.54) is 23.1 Å². The number of aryl methyl sites for hydroxylation is 2. The minimum absolute atomic E-state index is 0.301. The van der Waals surface area contributed by atoms with E-state index < -0.39 is 0 Å². The summed E-state index contributed by atoms with van der Waals surface area (Å²) in [4.78, 5) is 26.6. The molecule has 0 bridgehead atoms. The number of nitrogens with one attached hydrogen (secondary N) is 1. The lowest BCUT2D eigenvalue weighted by Gasteiger charge is -2.10. The van der Waals surface area contributed by atoms with Gasteiger partial charge in [0.25, 0.3) is 5.91 Å². The number of amides is 1. The Hall–Kier alpha value is -3.17. The highest BCUT2D eigenvalue weighted by atomic mass is 32.2. The lowest BCUT2D eigenvalue weighted by atomic mass is 10.1. The van der Waals surface area contributed by atoms with Gasteiger partial charge in [0.1, 0.15) is 10.8 Å². The number of aromatic nitrogens is 3. The van der Waals surface area contributed by atoms with Crippen LogP contribution >= 0.6 is 23.1 Å². The van der Waals surface area contributed by atoms with E-state index in [0.717, 1.165) is 22.6 Å². The molecule has 3 heterocycles. The van der Waals surface area contributed by atoms with Crippen molar-refractivity contribution in [1.29, 1.82) is 0 Å². The maximum absolute atomic E-state index is 13.0. The minimum atomic E-state index is -0.301. The minimum Gasteiger partial charge on any atom is -0.496 e. The number of methoxy groups -OCH3 is 1. The average molecular weight is 453 g/mol. The number of rotatable bonds is 6. The Bertz CT molecular complexity index is 1240. The van der Waals surface area contributed by atoms with Crippen LogP contribution in [-0.2, 0) is 0 Å². The molecule has 0 atom stereocenters. The summed E-state index contributed by atoms with van der Waals surface area (Å²) in [5, 5.41) is 5.84. The zero-order valence-corrected chi connectivity index (χ0v) is 19.1. The average Bonchev–Trinajstić information content (AvgIpc) is 3.45. The number of furan rings is 1. The fourth-order valence-corrected chi connectivity index (χ4v) is 4.44. The quantitative estimate of drug-likeness (QED) is 0.307. The van der Waals surface area contributed by atoms with Crippen molar-refractivity contribution < 1.29 is 13.9 Å². The fourth-order valence-electron chi connectivity index (χ4n) is 3.11. The molecule has 0 aliphatic rings. The van der Waals surface area contributed by atoms with Gasteiger partial charge in [0.2, 0.25) is 0 Å². The Morgan fingerprint density at radius 2 is 2.03 bits per heavy atom. The summed E-state index contributed by atoms with van der Waals surface area (Å²) in [7, 11) is 1.63. The number of benzene rings is 1. The fraction of sp³-hybridized carbons (Fsp3) is 0.182. The van der Waals surface area contributed by atoms with Gasteiger partial charge in [0.05, 0.1) is 30.3 Å². The van der Waals surface area contributed by atoms with Gasteiger partial charge in [-0.1, -0.05) is 11.6 Å². The Labute approximate surface area is 187 Å². The van der Waals surface area contributed by atoms with Gasteiger partial charge < -0.3 is 9.15 Å². The normalized spacial score (nSPS) is 10.8. The summed E-state index contributed by atoms with van der Waals surface area (Å²) >= 11 is 2.73. The zero-order chi connectivity index (χ0) is 22.0. The Kier molecular flexibility index (Phi) is 6.06. The number of ether oxygens (including phenoxy) is 1. The number of thioether (sulfide) groups is 1. The van der Waals surface area contributed by atoms with Crippen LogP contribution in [0.2, 0.25) is 0 Å². The largest absolute Gasteiger partial charge is 0.496 e. The van der Waals surface area contributed by atoms with Crippen molar-refractivity contribution in [1.82, 2.24) is 15.0 Å². The van der Waals surface area contributed by atoms with Gasteiger partial charge in [-0.2, -0.15) is 0 Å². The third-order valence-corrected chi connectivity index (χ3v) is 6.01.